The van der Waals surface area contributed by atoms with Crippen LogP contribution < -0.4 is 4.74 Å². The van der Waals surface area contributed by atoms with Crippen molar-refractivity contribution in [2.75, 3.05) is 6.54 Å². The van der Waals surface area contributed by atoms with Crippen molar-refractivity contribution < 1.29 is 27.8 Å². The zero-order valence-corrected chi connectivity index (χ0v) is 23.7. The molecule has 1 aliphatic rings. The molecule has 5 aromatic carbocycles. The van der Waals surface area contributed by atoms with Crippen LogP contribution in [0.15, 0.2) is 121 Å². The Kier molecular flexibility index (Phi) is 9.31. The zero-order valence-electron chi connectivity index (χ0n) is 23.7. The second-order valence-corrected chi connectivity index (χ2v) is 10.4. The second-order valence-electron chi connectivity index (χ2n) is 10.4. The highest BCUT2D eigenvalue weighted by Crippen LogP contribution is 2.33. The SMILES string of the molecule is O=C(O)c1cc(C(F)(F)F)ccc1-c1ccccc1.[NH-]c1ccc2c(c1)CCN(Cc1cccc(Oc3ccccc3)c1)C2. The van der Waals surface area contributed by atoms with Gasteiger partial charge in [0.1, 0.15) is 11.5 Å². The van der Waals surface area contributed by atoms with E-state index in [4.69, 9.17) is 15.6 Å². The molecule has 5 nitrogen and oxygen atoms in total. The van der Waals surface area contributed by atoms with Gasteiger partial charge in [-0.05, 0) is 70.6 Å². The Morgan fingerprint density at radius 2 is 1.50 bits per heavy atom. The summed E-state index contributed by atoms with van der Waals surface area (Å²) in [7, 11) is 0. The molecule has 1 heterocycles. The summed E-state index contributed by atoms with van der Waals surface area (Å²) in [6.07, 6.45) is -3.54. The third-order valence-corrected chi connectivity index (χ3v) is 7.24. The number of ether oxygens (including phenoxy) is 1. The topological polar surface area (TPSA) is 73.6 Å². The molecular formula is C36H30F3N2O3-. The number of nitrogens with zero attached hydrogens (tertiary/aromatic N) is 1. The first-order chi connectivity index (χ1) is 21.2. The second kappa shape index (κ2) is 13.5. The molecule has 224 valence electrons. The van der Waals surface area contributed by atoms with Crippen molar-refractivity contribution in [2.45, 2.75) is 25.7 Å². The van der Waals surface area contributed by atoms with Crippen LogP contribution >= 0.6 is 0 Å². The van der Waals surface area contributed by atoms with E-state index < -0.39 is 17.7 Å². The van der Waals surface area contributed by atoms with Crippen molar-refractivity contribution in [3.05, 3.63) is 155 Å². The van der Waals surface area contributed by atoms with Crippen molar-refractivity contribution >= 4 is 11.7 Å². The fraction of sp³-hybridized carbons (Fsp3) is 0.139. The number of benzene rings is 5. The van der Waals surface area contributed by atoms with Crippen molar-refractivity contribution in [1.29, 1.82) is 0 Å². The molecule has 0 fully saturated rings. The lowest BCUT2D eigenvalue weighted by Gasteiger charge is -2.29. The average molecular weight is 596 g/mol. The fourth-order valence-corrected chi connectivity index (χ4v) is 5.10. The standard InChI is InChI=1S/C22H21N2O.C14H9F3O2/c23-20-10-9-19-16-24(12-11-18(19)14-20)15-17-5-4-8-22(13-17)25-21-6-2-1-3-7-21;15-14(16,17)10-6-7-11(12(8-10)13(18)19)9-4-2-1-3-5-9/h1-10,13-14,23H,11-12,15-16H2;1-8H,(H,18,19)/q-1;. The lowest BCUT2D eigenvalue weighted by molar-refractivity contribution is -0.137. The van der Waals surface area contributed by atoms with Crippen LogP contribution in [0.1, 0.15) is 32.6 Å². The molecule has 0 atom stereocenters. The van der Waals surface area contributed by atoms with Gasteiger partial charge in [-0.2, -0.15) is 13.2 Å². The minimum Gasteiger partial charge on any atom is -0.699 e. The molecule has 6 rings (SSSR count). The van der Waals surface area contributed by atoms with Crippen LogP contribution in [-0.2, 0) is 25.7 Å². The predicted octanol–water partition coefficient (Wildman–Crippen LogP) is 9.79. The van der Waals surface area contributed by atoms with E-state index in [1.54, 1.807) is 30.3 Å². The molecule has 0 spiro atoms. The van der Waals surface area contributed by atoms with Crippen molar-refractivity contribution in [3.8, 4) is 22.6 Å². The molecular weight excluding hydrogens is 565 g/mol. The number of carboxylic acid groups (broad SMARTS) is 1. The van der Waals surface area contributed by atoms with Crippen LogP contribution in [0, 0.1) is 0 Å². The maximum absolute atomic E-state index is 12.6. The highest BCUT2D eigenvalue weighted by molar-refractivity contribution is 5.96. The first kappa shape index (κ1) is 30.4. The molecule has 0 aromatic heterocycles. The molecule has 0 bridgehead atoms. The number of carbonyl (C=O) groups is 1. The Labute approximate surface area is 254 Å². The smallest absolute Gasteiger partial charge is 0.416 e. The third-order valence-electron chi connectivity index (χ3n) is 7.24. The number of hydrogen-bond acceptors (Lipinski definition) is 3. The predicted molar refractivity (Wildman–Crippen MR) is 165 cm³/mol. The number of alkyl halides is 3. The zero-order chi connectivity index (χ0) is 31.1. The van der Waals surface area contributed by atoms with Crippen molar-refractivity contribution in [2.24, 2.45) is 0 Å². The number of aromatic carboxylic acids is 1. The van der Waals surface area contributed by atoms with E-state index in [9.17, 15) is 18.0 Å². The molecule has 0 saturated carbocycles. The number of carboxylic acids is 1. The van der Waals surface area contributed by atoms with Gasteiger partial charge < -0.3 is 15.6 Å². The van der Waals surface area contributed by atoms with E-state index in [0.717, 1.165) is 43.6 Å². The van der Waals surface area contributed by atoms with E-state index in [2.05, 4.69) is 29.2 Å². The van der Waals surface area contributed by atoms with E-state index in [1.165, 1.54) is 22.8 Å². The molecule has 0 saturated heterocycles. The van der Waals surface area contributed by atoms with E-state index in [0.29, 0.717) is 17.3 Å². The molecule has 5 aromatic rings. The number of fused-ring (bicyclic) bond motifs is 1. The van der Waals surface area contributed by atoms with Gasteiger partial charge in [0.2, 0.25) is 0 Å². The maximum Gasteiger partial charge on any atom is 0.416 e. The Hall–Kier alpha value is -5.08. The van der Waals surface area contributed by atoms with Crippen molar-refractivity contribution in [3.63, 3.8) is 0 Å². The minimum atomic E-state index is -4.56. The highest BCUT2D eigenvalue weighted by atomic mass is 19.4. The van der Waals surface area contributed by atoms with Gasteiger partial charge in [-0.1, -0.05) is 84.9 Å². The van der Waals surface area contributed by atoms with Crippen LogP contribution in [0.4, 0.5) is 18.9 Å². The molecule has 0 amide bonds. The summed E-state index contributed by atoms with van der Waals surface area (Å²) in [5, 5.41) is 9.05. The molecule has 2 N–H and O–H groups in total. The summed E-state index contributed by atoms with van der Waals surface area (Å²) in [6, 6.07) is 35.3. The largest absolute Gasteiger partial charge is 0.699 e. The van der Waals surface area contributed by atoms with Crippen LogP contribution in [0.5, 0.6) is 11.5 Å². The monoisotopic (exact) mass is 595 g/mol. The molecule has 8 heteroatoms. The molecule has 1 aliphatic heterocycles. The Morgan fingerprint density at radius 3 is 2.20 bits per heavy atom. The summed E-state index contributed by atoms with van der Waals surface area (Å²) in [5.74, 6) is 0.350. The van der Waals surface area contributed by atoms with Crippen LogP contribution in [0.25, 0.3) is 16.9 Å². The van der Waals surface area contributed by atoms with Gasteiger partial charge in [-0.15, -0.1) is 5.69 Å². The number of para-hydroxylation sites is 1. The molecule has 0 unspecified atom stereocenters. The van der Waals surface area contributed by atoms with E-state index in [1.807, 2.05) is 48.5 Å². The first-order valence-corrected chi connectivity index (χ1v) is 14.0. The van der Waals surface area contributed by atoms with Crippen molar-refractivity contribution in [1.82, 2.24) is 4.90 Å². The van der Waals surface area contributed by atoms with Gasteiger partial charge >= 0.3 is 12.1 Å². The van der Waals surface area contributed by atoms with Crippen LogP contribution in [0.2, 0.25) is 0 Å². The lowest BCUT2D eigenvalue weighted by atomic mass is 9.97. The summed E-state index contributed by atoms with van der Waals surface area (Å²) in [4.78, 5) is 13.6. The van der Waals surface area contributed by atoms with Gasteiger partial charge in [0.15, 0.2) is 0 Å². The Bertz CT molecular complexity index is 1720. The van der Waals surface area contributed by atoms with Crippen LogP contribution in [-0.4, -0.2) is 22.5 Å². The third kappa shape index (κ3) is 7.85. The first-order valence-electron chi connectivity index (χ1n) is 14.0. The van der Waals surface area contributed by atoms with Gasteiger partial charge in [0.05, 0.1) is 11.1 Å². The quantitative estimate of drug-likeness (QED) is 0.212. The van der Waals surface area contributed by atoms with Gasteiger partial charge in [-0.25, -0.2) is 4.79 Å². The lowest BCUT2D eigenvalue weighted by Crippen LogP contribution is -2.29. The molecule has 0 aliphatic carbocycles. The number of rotatable bonds is 6. The van der Waals surface area contributed by atoms with Gasteiger partial charge in [-0.3, -0.25) is 4.90 Å². The Balaban J connectivity index is 0.000000182. The van der Waals surface area contributed by atoms with Crippen LogP contribution in [0.3, 0.4) is 0 Å². The maximum atomic E-state index is 12.6. The summed E-state index contributed by atoms with van der Waals surface area (Å²) >= 11 is 0. The fourth-order valence-electron chi connectivity index (χ4n) is 5.10. The van der Waals surface area contributed by atoms with Gasteiger partial charge in [0, 0.05) is 19.6 Å². The summed E-state index contributed by atoms with van der Waals surface area (Å²) in [5.41, 5.74) is 11.8. The van der Waals surface area contributed by atoms with Gasteiger partial charge in [0.25, 0.3) is 0 Å². The normalized spacial score (nSPS) is 12.9. The summed E-state index contributed by atoms with van der Waals surface area (Å²) < 4.78 is 43.7. The number of nitrogens with one attached hydrogen (secondary N) is 1. The molecule has 44 heavy (non-hydrogen) atoms. The molecule has 0 radical (unpaired) electrons. The van der Waals surface area contributed by atoms with E-state index in [-0.39, 0.29) is 11.1 Å². The number of hydrogen-bond donors (Lipinski definition) is 1. The Morgan fingerprint density at radius 1 is 0.795 bits per heavy atom. The minimum absolute atomic E-state index is 0.265. The number of halogens is 3. The summed E-state index contributed by atoms with van der Waals surface area (Å²) in [6.45, 7) is 2.88. The highest BCUT2D eigenvalue weighted by Gasteiger charge is 2.32. The average Bonchev–Trinajstić information content (AvgIpc) is 3.02. The van der Waals surface area contributed by atoms with E-state index >= 15 is 0 Å².